The molecule has 0 saturated heterocycles. The van der Waals surface area contributed by atoms with E-state index in [0.717, 1.165) is 28.9 Å². The molecule has 9 nitrogen and oxygen atoms in total. The highest BCUT2D eigenvalue weighted by molar-refractivity contribution is 7.80. The van der Waals surface area contributed by atoms with Crippen LogP contribution in [0.25, 0.3) is 5.69 Å². The first-order chi connectivity index (χ1) is 15.8. The molecule has 0 aliphatic heterocycles. The van der Waals surface area contributed by atoms with Crippen molar-refractivity contribution in [2.75, 3.05) is 5.32 Å². The summed E-state index contributed by atoms with van der Waals surface area (Å²) in [5, 5.41) is 3.39. The number of anilines is 1. The van der Waals surface area contributed by atoms with Crippen molar-refractivity contribution in [3.8, 4) is 5.69 Å². The third kappa shape index (κ3) is 5.18. The van der Waals surface area contributed by atoms with Crippen molar-refractivity contribution < 1.29 is 26.7 Å². The number of carbonyl (C=O) groups is 2. The van der Waals surface area contributed by atoms with Gasteiger partial charge in [0.15, 0.2) is 5.78 Å². The zero-order valence-corrected chi connectivity index (χ0v) is 20.4. The summed E-state index contributed by atoms with van der Waals surface area (Å²) in [5.41, 5.74) is 9.94. The van der Waals surface area contributed by atoms with E-state index in [1.54, 1.807) is 6.07 Å². The quantitative estimate of drug-likeness (QED) is 0.527. The predicted octanol–water partition coefficient (Wildman–Crippen LogP) is 3.58. The number of benzene rings is 1. The number of nitrogens with one attached hydrogen (secondary N) is 1. The summed E-state index contributed by atoms with van der Waals surface area (Å²) >= 11 is 0. The van der Waals surface area contributed by atoms with Crippen molar-refractivity contribution in [1.29, 1.82) is 0 Å². The molecule has 1 aromatic carbocycles. The Bertz CT molecular complexity index is 1240. The number of rotatable bonds is 6. The third-order valence-electron chi connectivity index (χ3n) is 6.70. The Balaban J connectivity index is 1.62. The summed E-state index contributed by atoms with van der Waals surface area (Å²) in [5.74, 6) is -0.405. The van der Waals surface area contributed by atoms with Crippen LogP contribution in [0.4, 0.5) is 5.69 Å². The zero-order chi connectivity index (χ0) is 24.8. The molecule has 4 rings (SSSR count). The highest BCUT2D eigenvalue weighted by Crippen LogP contribution is 2.38. The van der Waals surface area contributed by atoms with Crippen LogP contribution in [0.1, 0.15) is 77.9 Å². The maximum atomic E-state index is 12.8. The van der Waals surface area contributed by atoms with Gasteiger partial charge in [-0.1, -0.05) is 13.8 Å². The number of primary amides is 1. The smallest absolute Gasteiger partial charge is 0.382 e. The van der Waals surface area contributed by atoms with E-state index >= 15 is 0 Å². The van der Waals surface area contributed by atoms with Crippen LogP contribution >= 0.6 is 0 Å². The predicted molar refractivity (Wildman–Crippen MR) is 128 cm³/mol. The fourth-order valence-corrected chi connectivity index (χ4v) is 5.76. The number of fused-ring (bicyclic) bond motifs is 1. The van der Waals surface area contributed by atoms with E-state index in [4.69, 9.17) is 14.5 Å². The summed E-state index contributed by atoms with van der Waals surface area (Å²) in [4.78, 5) is 24.9. The normalized spacial score (nSPS) is 22.3. The molecule has 1 heterocycles. The van der Waals surface area contributed by atoms with Crippen molar-refractivity contribution >= 4 is 27.8 Å². The van der Waals surface area contributed by atoms with Gasteiger partial charge in [-0.05, 0) is 68.2 Å². The molecule has 2 aliphatic rings. The van der Waals surface area contributed by atoms with Crippen LogP contribution < -0.4 is 11.1 Å². The molecule has 0 atom stereocenters. The first kappa shape index (κ1) is 24.4. The van der Waals surface area contributed by atoms with Crippen LogP contribution in [-0.2, 0) is 21.0 Å². The van der Waals surface area contributed by atoms with E-state index in [1.165, 1.54) is 0 Å². The Morgan fingerprint density at radius 3 is 2.50 bits per heavy atom. The van der Waals surface area contributed by atoms with Gasteiger partial charge in [-0.2, -0.15) is 8.42 Å². The molecule has 0 unspecified atom stereocenters. The molecule has 1 amide bonds. The van der Waals surface area contributed by atoms with Gasteiger partial charge in [-0.25, -0.2) is 4.18 Å². The number of hydrogen-bond acceptors (Lipinski definition) is 6. The van der Waals surface area contributed by atoms with E-state index in [2.05, 4.69) is 19.2 Å². The number of amides is 1. The van der Waals surface area contributed by atoms with Crippen LogP contribution in [0, 0.1) is 12.3 Å². The van der Waals surface area contributed by atoms with Crippen LogP contribution in [0.3, 0.4) is 0 Å². The van der Waals surface area contributed by atoms with Crippen LogP contribution in [0.15, 0.2) is 24.4 Å². The van der Waals surface area contributed by atoms with Gasteiger partial charge in [0.1, 0.15) is 0 Å². The molecule has 1 fully saturated rings. The fourth-order valence-electron chi connectivity index (χ4n) is 5.22. The van der Waals surface area contributed by atoms with Gasteiger partial charge in [0.05, 0.1) is 11.7 Å². The number of aromatic nitrogens is 1. The zero-order valence-electron chi connectivity index (χ0n) is 19.6. The average molecular weight is 490 g/mol. The second kappa shape index (κ2) is 8.83. The van der Waals surface area contributed by atoms with Crippen molar-refractivity contribution in [3.63, 3.8) is 0 Å². The number of nitrogens with two attached hydrogens (primary N) is 1. The van der Waals surface area contributed by atoms with Crippen molar-refractivity contribution in [2.24, 2.45) is 11.1 Å². The number of ketones is 1. The standard InChI is InChI=1S/C24H31N3O6S/c1-14-13-27(20-11-24(2,3)12-21(28)22(14)20)16-6-9-18(23(25)29)19(10-16)26-15-4-7-17(8-5-15)33-34(30,31)32/h6,9-10,13,15,17,26H,4-5,7-8,11-12H2,1-3H3,(H2,25,29)(H,30,31,32)/t15-,17-. The Morgan fingerprint density at radius 1 is 1.21 bits per heavy atom. The Morgan fingerprint density at radius 2 is 1.88 bits per heavy atom. The lowest BCUT2D eigenvalue weighted by Crippen LogP contribution is -2.31. The molecular formula is C24H31N3O6S. The first-order valence-corrected chi connectivity index (χ1v) is 12.8. The lowest BCUT2D eigenvalue weighted by molar-refractivity contribution is 0.0909. The van der Waals surface area contributed by atoms with Gasteiger partial charge in [-0.3, -0.25) is 14.1 Å². The van der Waals surface area contributed by atoms with Gasteiger partial charge in [0.25, 0.3) is 5.91 Å². The maximum absolute atomic E-state index is 12.8. The Kier molecular flexibility index (Phi) is 6.34. The number of hydrogen-bond donors (Lipinski definition) is 3. The Labute approximate surface area is 199 Å². The second-order valence-corrected chi connectivity index (χ2v) is 11.2. The molecule has 34 heavy (non-hydrogen) atoms. The minimum absolute atomic E-state index is 0.0181. The van der Waals surface area contributed by atoms with Crippen molar-refractivity contribution in [2.45, 2.75) is 71.4 Å². The molecular weight excluding hydrogens is 458 g/mol. The summed E-state index contributed by atoms with van der Waals surface area (Å²) in [6.45, 7) is 6.12. The summed E-state index contributed by atoms with van der Waals surface area (Å²) in [6.07, 6.45) is 4.78. The van der Waals surface area contributed by atoms with Gasteiger partial charge in [0, 0.05) is 41.3 Å². The number of Topliss-reactive ketones (excluding diaryl/α,β-unsaturated/α-hetero) is 1. The molecule has 0 radical (unpaired) electrons. The molecule has 4 N–H and O–H groups in total. The lowest BCUT2D eigenvalue weighted by Gasteiger charge is -2.30. The van der Waals surface area contributed by atoms with E-state index < -0.39 is 22.4 Å². The molecule has 0 spiro atoms. The van der Waals surface area contributed by atoms with Gasteiger partial charge in [0.2, 0.25) is 0 Å². The number of nitrogens with zero attached hydrogens (tertiary/aromatic N) is 1. The monoisotopic (exact) mass is 489 g/mol. The number of carbonyl (C=O) groups excluding carboxylic acids is 2. The average Bonchev–Trinajstić information content (AvgIpc) is 3.03. The molecule has 0 bridgehead atoms. The minimum Gasteiger partial charge on any atom is -0.382 e. The molecule has 2 aromatic rings. The molecule has 2 aliphatic carbocycles. The molecule has 184 valence electrons. The van der Waals surface area contributed by atoms with E-state index in [-0.39, 0.29) is 17.2 Å². The number of aryl methyl sites for hydroxylation is 1. The third-order valence-corrected chi connectivity index (χ3v) is 7.21. The lowest BCUT2D eigenvalue weighted by atomic mass is 9.75. The topological polar surface area (TPSA) is 141 Å². The SMILES string of the molecule is Cc1cn(-c2ccc(C(N)=O)c(N[C@H]3CC[C@H](OS(=O)(=O)O)CC3)c2)c2c1C(=O)CC(C)(C)C2. The van der Waals surface area contributed by atoms with Gasteiger partial charge >= 0.3 is 10.4 Å². The minimum atomic E-state index is -4.48. The van der Waals surface area contributed by atoms with Crippen molar-refractivity contribution in [1.82, 2.24) is 4.57 Å². The first-order valence-electron chi connectivity index (χ1n) is 11.4. The van der Waals surface area contributed by atoms with Gasteiger partial charge < -0.3 is 15.6 Å². The highest BCUT2D eigenvalue weighted by Gasteiger charge is 2.35. The summed E-state index contributed by atoms with van der Waals surface area (Å²) < 4.78 is 37.6. The molecule has 1 saturated carbocycles. The summed E-state index contributed by atoms with van der Waals surface area (Å²) in [7, 11) is -4.48. The van der Waals surface area contributed by atoms with E-state index in [9.17, 15) is 18.0 Å². The molecule has 1 aromatic heterocycles. The summed E-state index contributed by atoms with van der Waals surface area (Å²) in [6, 6.07) is 5.36. The van der Waals surface area contributed by atoms with Gasteiger partial charge in [-0.15, -0.1) is 0 Å². The van der Waals surface area contributed by atoms with Crippen LogP contribution in [0.2, 0.25) is 0 Å². The van der Waals surface area contributed by atoms with Crippen LogP contribution in [-0.4, -0.2) is 41.4 Å². The van der Waals surface area contributed by atoms with E-state index in [1.807, 2.05) is 29.8 Å². The largest absolute Gasteiger partial charge is 0.397 e. The fraction of sp³-hybridized carbons (Fsp3) is 0.500. The Hall–Kier alpha value is -2.69. The van der Waals surface area contributed by atoms with Crippen molar-refractivity contribution in [3.05, 3.63) is 46.8 Å². The molecule has 10 heteroatoms. The van der Waals surface area contributed by atoms with Crippen LogP contribution in [0.5, 0.6) is 0 Å². The second-order valence-electron chi connectivity index (χ2n) is 10.2. The highest BCUT2D eigenvalue weighted by atomic mass is 32.3. The van der Waals surface area contributed by atoms with E-state index in [0.29, 0.717) is 43.4 Å². The maximum Gasteiger partial charge on any atom is 0.397 e.